The second kappa shape index (κ2) is 5.90. The van der Waals surface area contributed by atoms with E-state index in [4.69, 9.17) is 5.11 Å². The number of anilines is 1. The molecule has 19 heavy (non-hydrogen) atoms. The molecule has 2 rings (SSSR count). The number of hydrogen-bond donors (Lipinski definition) is 2. The molecule has 1 aromatic heterocycles. The van der Waals surface area contributed by atoms with E-state index < -0.39 is 18.3 Å². The van der Waals surface area contributed by atoms with Crippen molar-refractivity contribution < 1.29 is 14.3 Å². The maximum Gasteiger partial charge on any atom is 0.274 e. The van der Waals surface area contributed by atoms with E-state index >= 15 is 0 Å². The summed E-state index contributed by atoms with van der Waals surface area (Å²) in [7, 11) is 0. The van der Waals surface area contributed by atoms with E-state index in [0.29, 0.717) is 5.69 Å². The number of carbonyl (C=O) groups is 1. The molecule has 1 amide bonds. The third kappa shape index (κ3) is 3.36. The van der Waals surface area contributed by atoms with Crippen molar-refractivity contribution in [2.45, 2.75) is 6.61 Å². The normalized spacial score (nSPS) is 10.3. The highest BCUT2D eigenvalue weighted by molar-refractivity contribution is 9.10. The Labute approximate surface area is 117 Å². The van der Waals surface area contributed by atoms with Crippen molar-refractivity contribution in [1.29, 1.82) is 0 Å². The summed E-state index contributed by atoms with van der Waals surface area (Å²) in [4.78, 5) is 15.8. The molecule has 0 aliphatic rings. The summed E-state index contributed by atoms with van der Waals surface area (Å²) in [5, 5.41) is 11.5. The lowest BCUT2D eigenvalue weighted by molar-refractivity contribution is 0.102. The van der Waals surface area contributed by atoms with Gasteiger partial charge in [-0.2, -0.15) is 0 Å². The van der Waals surface area contributed by atoms with E-state index in [2.05, 4.69) is 26.2 Å². The maximum atomic E-state index is 13.2. The molecule has 1 aromatic carbocycles. The molecular weight excluding hydrogens is 315 g/mol. The zero-order chi connectivity index (χ0) is 13.8. The van der Waals surface area contributed by atoms with Gasteiger partial charge in [-0.25, -0.2) is 9.37 Å². The van der Waals surface area contributed by atoms with Crippen LogP contribution in [0, 0.1) is 5.82 Å². The molecule has 0 atom stereocenters. The quantitative estimate of drug-likeness (QED) is 0.912. The third-order valence-corrected chi connectivity index (χ3v) is 2.90. The largest absolute Gasteiger partial charge is 0.392 e. The minimum atomic E-state index is -0.512. The van der Waals surface area contributed by atoms with Gasteiger partial charge in [-0.1, -0.05) is 0 Å². The van der Waals surface area contributed by atoms with Crippen molar-refractivity contribution in [3.05, 3.63) is 58.1 Å². The summed E-state index contributed by atoms with van der Waals surface area (Å²) in [6.07, 6.45) is 1.51. The molecule has 0 unspecified atom stereocenters. The molecular formula is C13H10BrFN2O2. The number of benzene rings is 1. The Bertz CT molecular complexity index is 602. The Morgan fingerprint density at radius 3 is 2.79 bits per heavy atom. The second-order valence-corrected chi connectivity index (χ2v) is 4.70. The number of nitrogens with zero attached hydrogens (tertiary/aromatic N) is 1. The average Bonchev–Trinajstić information content (AvgIpc) is 2.41. The van der Waals surface area contributed by atoms with E-state index in [9.17, 15) is 9.18 Å². The number of hydrogen-bond acceptors (Lipinski definition) is 3. The van der Waals surface area contributed by atoms with Crippen molar-refractivity contribution in [2.75, 3.05) is 5.32 Å². The zero-order valence-electron chi connectivity index (χ0n) is 9.73. The Hall–Kier alpha value is -1.79. The predicted octanol–water partition coefficient (Wildman–Crippen LogP) is 2.73. The molecule has 0 fully saturated rings. The van der Waals surface area contributed by atoms with Crippen LogP contribution in [-0.2, 0) is 6.61 Å². The number of nitrogens with one attached hydrogen (secondary N) is 1. The van der Waals surface area contributed by atoms with Crippen molar-refractivity contribution in [3.63, 3.8) is 0 Å². The van der Waals surface area contributed by atoms with Gasteiger partial charge in [0.15, 0.2) is 0 Å². The van der Waals surface area contributed by atoms with Gasteiger partial charge >= 0.3 is 0 Å². The highest BCUT2D eigenvalue weighted by Crippen LogP contribution is 2.16. The van der Waals surface area contributed by atoms with Crippen LogP contribution in [0.3, 0.4) is 0 Å². The van der Waals surface area contributed by atoms with Gasteiger partial charge in [0.2, 0.25) is 0 Å². The number of aromatic nitrogens is 1. The van der Waals surface area contributed by atoms with Crippen LogP contribution < -0.4 is 5.32 Å². The van der Waals surface area contributed by atoms with Crippen LogP contribution in [0.25, 0.3) is 0 Å². The van der Waals surface area contributed by atoms with Crippen LogP contribution >= 0.6 is 15.9 Å². The fraction of sp³-hybridized carbons (Fsp3) is 0.0769. The molecule has 0 saturated heterocycles. The molecule has 0 aliphatic carbocycles. The summed E-state index contributed by atoms with van der Waals surface area (Å²) in [6.45, 7) is -0.425. The predicted molar refractivity (Wildman–Crippen MR) is 72.2 cm³/mol. The second-order valence-electron chi connectivity index (χ2n) is 3.78. The number of amides is 1. The maximum absolute atomic E-state index is 13.2. The Kier molecular flexibility index (Phi) is 4.24. The highest BCUT2D eigenvalue weighted by atomic mass is 79.9. The van der Waals surface area contributed by atoms with Crippen molar-refractivity contribution >= 4 is 27.5 Å². The molecule has 2 N–H and O–H groups in total. The lowest BCUT2D eigenvalue weighted by atomic mass is 10.2. The van der Waals surface area contributed by atoms with Gasteiger partial charge in [0.1, 0.15) is 11.5 Å². The first-order chi connectivity index (χ1) is 9.10. The molecule has 6 heteroatoms. The lowest BCUT2D eigenvalue weighted by Crippen LogP contribution is -2.13. The monoisotopic (exact) mass is 324 g/mol. The standard InChI is InChI=1S/C13H10BrFN2O2/c14-9-1-4-12(16-6-9)13(19)17-10-2-3-11(15)8(5-10)7-18/h1-6,18H,7H2,(H,17,19). The number of halogens is 2. The number of rotatable bonds is 3. The molecule has 0 spiro atoms. The highest BCUT2D eigenvalue weighted by Gasteiger charge is 2.09. The molecule has 0 bridgehead atoms. The Morgan fingerprint density at radius 1 is 1.37 bits per heavy atom. The van der Waals surface area contributed by atoms with E-state index in [1.807, 2.05) is 0 Å². The fourth-order valence-electron chi connectivity index (χ4n) is 1.48. The van der Waals surface area contributed by atoms with Crippen LogP contribution in [0.2, 0.25) is 0 Å². The van der Waals surface area contributed by atoms with Gasteiger partial charge in [0.25, 0.3) is 5.91 Å². The van der Waals surface area contributed by atoms with Crippen molar-refractivity contribution in [2.24, 2.45) is 0 Å². The zero-order valence-corrected chi connectivity index (χ0v) is 11.3. The van der Waals surface area contributed by atoms with Crippen molar-refractivity contribution in [3.8, 4) is 0 Å². The molecule has 0 saturated carbocycles. The SMILES string of the molecule is O=C(Nc1ccc(F)c(CO)c1)c1ccc(Br)cn1. The fourth-order valence-corrected chi connectivity index (χ4v) is 1.71. The topological polar surface area (TPSA) is 62.2 Å². The van der Waals surface area contributed by atoms with E-state index in [1.54, 1.807) is 12.1 Å². The van der Waals surface area contributed by atoms with E-state index in [0.717, 1.165) is 4.47 Å². The molecule has 2 aromatic rings. The molecule has 0 aliphatic heterocycles. The minimum Gasteiger partial charge on any atom is -0.392 e. The minimum absolute atomic E-state index is 0.126. The van der Waals surface area contributed by atoms with Crippen LogP contribution in [-0.4, -0.2) is 16.0 Å². The summed E-state index contributed by atoms with van der Waals surface area (Å²) >= 11 is 3.22. The molecule has 4 nitrogen and oxygen atoms in total. The third-order valence-electron chi connectivity index (χ3n) is 2.43. The lowest BCUT2D eigenvalue weighted by Gasteiger charge is -2.07. The van der Waals surface area contributed by atoms with Gasteiger partial charge in [-0.3, -0.25) is 4.79 Å². The van der Waals surface area contributed by atoms with Crippen LogP contribution in [0.15, 0.2) is 41.0 Å². The van der Waals surface area contributed by atoms with Gasteiger partial charge < -0.3 is 10.4 Å². The molecule has 98 valence electrons. The summed E-state index contributed by atoms with van der Waals surface area (Å²) < 4.78 is 14.0. The first kappa shape index (κ1) is 13.6. The summed E-state index contributed by atoms with van der Waals surface area (Å²) in [5.74, 6) is -0.912. The molecule has 0 radical (unpaired) electrons. The number of carbonyl (C=O) groups excluding carboxylic acids is 1. The number of aliphatic hydroxyl groups is 1. The first-order valence-corrected chi connectivity index (χ1v) is 6.21. The van der Waals surface area contributed by atoms with E-state index in [1.165, 1.54) is 24.4 Å². The van der Waals surface area contributed by atoms with E-state index in [-0.39, 0.29) is 11.3 Å². The van der Waals surface area contributed by atoms with Crippen LogP contribution in [0.4, 0.5) is 10.1 Å². The number of aliphatic hydroxyl groups excluding tert-OH is 1. The van der Waals surface area contributed by atoms with Crippen LogP contribution in [0.5, 0.6) is 0 Å². The average molecular weight is 325 g/mol. The van der Waals surface area contributed by atoms with Gasteiger partial charge in [0, 0.05) is 21.9 Å². The summed E-state index contributed by atoms with van der Waals surface area (Å²) in [5.41, 5.74) is 0.778. The smallest absolute Gasteiger partial charge is 0.274 e. The molecule has 1 heterocycles. The van der Waals surface area contributed by atoms with Gasteiger partial charge in [0.05, 0.1) is 6.61 Å². The Balaban J connectivity index is 2.17. The first-order valence-electron chi connectivity index (χ1n) is 5.42. The van der Waals surface area contributed by atoms with Crippen molar-refractivity contribution in [1.82, 2.24) is 4.98 Å². The van der Waals surface area contributed by atoms with Crippen LogP contribution in [0.1, 0.15) is 16.1 Å². The summed E-state index contributed by atoms with van der Waals surface area (Å²) in [6, 6.07) is 7.26. The van der Waals surface area contributed by atoms with Gasteiger partial charge in [-0.05, 0) is 46.3 Å². The van der Waals surface area contributed by atoms with Gasteiger partial charge in [-0.15, -0.1) is 0 Å². The number of pyridine rings is 1. The Morgan fingerprint density at radius 2 is 2.16 bits per heavy atom.